The third kappa shape index (κ3) is 27.6. The van der Waals surface area contributed by atoms with Crippen molar-refractivity contribution in [3.8, 4) is 88.3 Å². The zero-order chi connectivity index (χ0) is 74.7. The van der Waals surface area contributed by atoms with Gasteiger partial charge in [0.25, 0.3) is 0 Å². The second-order valence-electron chi connectivity index (χ2n) is 25.5. The van der Waals surface area contributed by atoms with Gasteiger partial charge < -0.3 is 4.42 Å². The van der Waals surface area contributed by atoms with Crippen LogP contribution in [0.5, 0.6) is 0 Å². The minimum atomic E-state index is 0.968. The number of thiophene rings is 6. The van der Waals surface area contributed by atoms with Crippen molar-refractivity contribution in [1.29, 1.82) is 0 Å². The van der Waals surface area contributed by atoms with Crippen molar-refractivity contribution in [1.82, 2.24) is 0 Å². The van der Waals surface area contributed by atoms with E-state index in [2.05, 4.69) is 406 Å². The number of benzene rings is 10. The Morgan fingerprint density at radius 2 is 0.613 bits per heavy atom. The minimum Gasteiger partial charge on any atom is -0.470 e. The van der Waals surface area contributed by atoms with Gasteiger partial charge in [0.05, 0.1) is 6.26 Å². The summed E-state index contributed by atoms with van der Waals surface area (Å²) in [5, 5.41) is 10.6. The second-order valence-corrected chi connectivity index (χ2v) is 32.5. The Hall–Kier alpha value is -10.3. The van der Waals surface area contributed by atoms with E-state index in [1.807, 2.05) is 53.9 Å². The average molecular weight is 1490 g/mol. The number of rotatable bonds is 8. The molecule has 10 aromatic carbocycles. The van der Waals surface area contributed by atoms with Gasteiger partial charge in [-0.05, 0) is 295 Å². The third-order valence-corrected chi connectivity index (χ3v) is 21.8. The van der Waals surface area contributed by atoms with E-state index >= 15 is 0 Å². The molecule has 0 amide bonds. The summed E-state index contributed by atoms with van der Waals surface area (Å²) in [5.41, 5.74) is 24.2. The summed E-state index contributed by atoms with van der Waals surface area (Å²) >= 11 is 10.8. The highest BCUT2D eigenvalue weighted by molar-refractivity contribution is 7.15. The Balaban J connectivity index is 0.000000147. The lowest BCUT2D eigenvalue weighted by molar-refractivity contribution is 0.534. The molecule has 106 heavy (non-hydrogen) atoms. The topological polar surface area (TPSA) is 13.1 Å². The summed E-state index contributed by atoms with van der Waals surface area (Å²) in [4.78, 5) is 9.68. The van der Waals surface area contributed by atoms with Gasteiger partial charge in [-0.3, -0.25) is 0 Å². The number of furan rings is 1. The largest absolute Gasteiger partial charge is 0.470 e. The van der Waals surface area contributed by atoms with E-state index in [4.69, 9.17) is 4.42 Å². The van der Waals surface area contributed by atoms with Gasteiger partial charge >= 0.3 is 0 Å². The molecule has 0 saturated carbocycles. The molecule has 0 aliphatic rings. The fourth-order valence-corrected chi connectivity index (χ4v) is 15.2. The highest BCUT2D eigenvalue weighted by Crippen LogP contribution is 2.36. The van der Waals surface area contributed by atoms with Crippen LogP contribution < -0.4 is 0 Å². The summed E-state index contributed by atoms with van der Waals surface area (Å²) in [6, 6.07) is 118. The molecule has 532 valence electrons. The maximum Gasteiger partial charge on any atom is 0.100 e. The van der Waals surface area contributed by atoms with E-state index in [-0.39, 0.29) is 0 Å². The molecule has 0 radical (unpaired) electrons. The van der Waals surface area contributed by atoms with Crippen molar-refractivity contribution < 1.29 is 4.42 Å². The van der Waals surface area contributed by atoms with Gasteiger partial charge in [0.15, 0.2) is 0 Å². The molecule has 0 bridgehead atoms. The second kappa shape index (κ2) is 43.2. The first kappa shape index (κ1) is 79.8. The fraction of sp³-hybridized carbons (Fsp3) is 0.111. The molecule has 0 unspecified atom stereocenters. The molecule has 7 aromatic heterocycles. The SMILES string of the molecule is Cc1cc(-c2ccccc2)cs1.Cc1ccc(-c2cc(-c3ccccc3)cc(-c3ccccc3)c2)cc1.Cc1ccc(-c2ccccc2)s1.Cc1ccc(C)s1.Cc1cccc(-c2cc(-c3ccccc3)cc(-c3ccccc3)c2)c1.Cc1ccco1.Cc1cccs1.Cc1ccsc1.Cc1csc(C)c1. The Kier molecular flexibility index (Phi) is 32.5. The maximum absolute atomic E-state index is 4.83. The van der Waals surface area contributed by atoms with E-state index in [1.54, 1.807) is 51.6 Å². The summed E-state index contributed by atoms with van der Waals surface area (Å²) in [7, 11) is 0. The first-order valence-electron chi connectivity index (χ1n) is 35.5. The highest BCUT2D eigenvalue weighted by Gasteiger charge is 2.10. The van der Waals surface area contributed by atoms with Gasteiger partial charge in [0, 0.05) is 34.1 Å². The van der Waals surface area contributed by atoms with E-state index in [9.17, 15) is 0 Å². The Labute approximate surface area is 655 Å². The Bertz CT molecular complexity index is 4840. The van der Waals surface area contributed by atoms with Crippen LogP contribution in [0.3, 0.4) is 0 Å². The average Bonchev–Trinajstić information content (AvgIpc) is 1.37. The summed E-state index contributed by atoms with van der Waals surface area (Å²) < 4.78 is 4.83. The molecule has 17 aromatic rings. The Morgan fingerprint density at radius 3 is 0.896 bits per heavy atom. The van der Waals surface area contributed by atoms with Crippen molar-refractivity contribution in [2.75, 3.05) is 0 Å². The lowest BCUT2D eigenvalue weighted by Gasteiger charge is -2.11. The molecule has 0 atom stereocenters. The molecule has 0 aliphatic heterocycles. The van der Waals surface area contributed by atoms with Gasteiger partial charge in [-0.1, -0.05) is 248 Å². The third-order valence-electron chi connectivity index (χ3n) is 16.4. The zero-order valence-corrected chi connectivity index (χ0v) is 67.5. The van der Waals surface area contributed by atoms with Gasteiger partial charge in [0.2, 0.25) is 0 Å². The van der Waals surface area contributed by atoms with E-state index in [0.29, 0.717) is 0 Å². The van der Waals surface area contributed by atoms with E-state index in [1.165, 1.54) is 140 Å². The van der Waals surface area contributed by atoms with Crippen LogP contribution in [0.15, 0.2) is 371 Å². The molecule has 0 aliphatic carbocycles. The molecule has 0 N–H and O–H groups in total. The summed E-state index contributed by atoms with van der Waals surface area (Å²) in [5.74, 6) is 0.968. The quantitative estimate of drug-likeness (QED) is 0.148. The molecule has 7 heteroatoms. The van der Waals surface area contributed by atoms with Crippen LogP contribution in [-0.2, 0) is 0 Å². The van der Waals surface area contributed by atoms with Crippen molar-refractivity contribution in [3.63, 3.8) is 0 Å². The van der Waals surface area contributed by atoms with Crippen LogP contribution in [0.1, 0.15) is 57.3 Å². The van der Waals surface area contributed by atoms with Crippen LogP contribution in [-0.4, -0.2) is 0 Å². The highest BCUT2D eigenvalue weighted by atomic mass is 32.1. The van der Waals surface area contributed by atoms with Crippen molar-refractivity contribution >= 4 is 68.0 Å². The first-order valence-corrected chi connectivity index (χ1v) is 40.7. The standard InChI is InChI=1S/2C25H20.2C11H10S.2C6H8S.C5H6O.2C5H6S/c1-19-9-8-14-22(15-19)25-17-23(20-10-4-2-5-11-20)16-24(18-25)21-12-6-3-7-13-21;1-19-12-14-22(15-13-19)25-17-23(20-8-4-2-5-9-20)16-24(18-25)21-10-6-3-7-11-21;1-9-7-11(8-12-9)10-5-3-2-4-6-10;1-9-7-8-11(12-9)10-5-3-2-4-6-10;1-5-3-6(2)7-4-5;1-5-3-4-6(2)7-5;1-5-3-2-4-6-5;1-5-2-3-6-4-5;1-5-3-2-4-6-5/h2*2-18H,1H3;2*2-8H,1H3;2*3-4H,1-2H3;3*2-4H,1H3. The molecular weight excluding hydrogens is 1400 g/mol. The fourth-order valence-electron chi connectivity index (χ4n) is 11.0. The van der Waals surface area contributed by atoms with Gasteiger partial charge in [0.1, 0.15) is 5.76 Å². The van der Waals surface area contributed by atoms with E-state index in [0.717, 1.165) is 5.76 Å². The van der Waals surface area contributed by atoms with Crippen LogP contribution >= 0.6 is 68.0 Å². The van der Waals surface area contributed by atoms with Crippen LogP contribution in [0, 0.1) is 76.2 Å². The number of hydrogen-bond acceptors (Lipinski definition) is 7. The predicted molar refractivity (Wildman–Crippen MR) is 473 cm³/mol. The molecule has 0 spiro atoms. The van der Waals surface area contributed by atoms with Crippen molar-refractivity contribution in [3.05, 3.63) is 424 Å². The lowest BCUT2D eigenvalue weighted by atomic mass is 9.93. The molecule has 17 rings (SSSR count). The smallest absolute Gasteiger partial charge is 0.100 e. The molecule has 7 heterocycles. The monoisotopic (exact) mass is 1490 g/mol. The summed E-state index contributed by atoms with van der Waals surface area (Å²) in [6.07, 6.45) is 1.66. The van der Waals surface area contributed by atoms with Crippen molar-refractivity contribution in [2.24, 2.45) is 0 Å². The number of aryl methyl sites for hydroxylation is 11. The predicted octanol–water partition coefficient (Wildman–Crippen LogP) is 31.9. The lowest BCUT2D eigenvalue weighted by Crippen LogP contribution is -1.86. The van der Waals surface area contributed by atoms with Gasteiger partial charge in [-0.15, -0.1) is 56.7 Å². The van der Waals surface area contributed by atoms with Crippen molar-refractivity contribution in [2.45, 2.75) is 76.2 Å². The maximum atomic E-state index is 4.83. The molecule has 1 nitrogen and oxygen atoms in total. The van der Waals surface area contributed by atoms with Crippen LogP contribution in [0.4, 0.5) is 0 Å². The first-order chi connectivity index (χ1) is 51.6. The van der Waals surface area contributed by atoms with Gasteiger partial charge in [-0.25, -0.2) is 0 Å². The summed E-state index contributed by atoms with van der Waals surface area (Å²) in [6.45, 7) is 23.1. The van der Waals surface area contributed by atoms with Crippen LogP contribution in [0.25, 0.3) is 88.3 Å². The molecular formula is C99H94OS6. The Morgan fingerprint density at radius 1 is 0.198 bits per heavy atom. The number of hydrogen-bond donors (Lipinski definition) is 0. The molecule has 0 fully saturated rings. The zero-order valence-electron chi connectivity index (χ0n) is 62.6. The minimum absolute atomic E-state index is 0.968. The normalized spacial score (nSPS) is 10.0. The van der Waals surface area contributed by atoms with E-state index < -0.39 is 0 Å². The molecule has 0 saturated heterocycles. The van der Waals surface area contributed by atoms with Crippen LogP contribution in [0.2, 0.25) is 0 Å². The van der Waals surface area contributed by atoms with Gasteiger partial charge in [-0.2, -0.15) is 11.3 Å².